The van der Waals surface area contributed by atoms with Gasteiger partial charge in [0.05, 0.1) is 40.2 Å². The number of nitrogens with zero attached hydrogens (tertiary/aromatic N) is 2. The highest BCUT2D eigenvalue weighted by Gasteiger charge is 2.34. The van der Waals surface area contributed by atoms with Crippen molar-refractivity contribution in [3.63, 3.8) is 0 Å². The third kappa shape index (κ3) is 7.01. The molecule has 0 bridgehead atoms. The number of hydrogen-bond acceptors (Lipinski definition) is 6. The Kier molecular flexibility index (Phi) is 8.93. The third-order valence-electron chi connectivity index (χ3n) is 5.91. The first-order valence-electron chi connectivity index (χ1n) is 11.2. The number of benzene rings is 2. The van der Waals surface area contributed by atoms with Gasteiger partial charge in [-0.1, -0.05) is 42.3 Å². The van der Waals surface area contributed by atoms with E-state index in [1.54, 1.807) is 36.1 Å². The number of sulfonamides is 1. The van der Waals surface area contributed by atoms with Crippen molar-refractivity contribution < 1.29 is 23.1 Å². The number of amides is 1. The molecular weight excluding hydrogens is 513 g/mol. The average Bonchev–Trinajstić information content (AvgIpc) is 2.77. The van der Waals surface area contributed by atoms with Crippen LogP contribution in [0.5, 0.6) is 5.75 Å². The minimum absolute atomic E-state index is 0.122. The molecule has 1 aliphatic rings. The van der Waals surface area contributed by atoms with Gasteiger partial charge in [-0.3, -0.25) is 14.4 Å². The molecule has 0 saturated carbocycles. The second-order valence-electron chi connectivity index (χ2n) is 9.12. The maximum atomic E-state index is 13.4. The Labute approximate surface area is 216 Å². The molecule has 8 nitrogen and oxygen atoms in total. The molecule has 1 heterocycles. The number of carbonyl (C=O) groups is 1. The Morgan fingerprint density at radius 3 is 2.60 bits per heavy atom. The lowest BCUT2D eigenvalue weighted by molar-refractivity contribution is 0.0344. The molecule has 192 valence electrons. The summed E-state index contributed by atoms with van der Waals surface area (Å²) in [7, 11) is -1.67. The van der Waals surface area contributed by atoms with Crippen LogP contribution < -0.4 is 9.46 Å². The average molecular weight is 545 g/mol. The SMILES string of the molecule is C[C@H](CO)N1C[C@H](C)[C@@H](CN(C)Cc2ccc(Cl)c(Cl)c2)Oc2c(NS(C)(=O)=O)cccc2C1=O. The van der Waals surface area contributed by atoms with Crippen LogP contribution in [0, 0.1) is 5.92 Å². The number of carbonyl (C=O) groups excluding carboxylic acids is 1. The van der Waals surface area contributed by atoms with Crippen LogP contribution >= 0.6 is 23.2 Å². The fourth-order valence-electron chi connectivity index (χ4n) is 4.06. The summed E-state index contributed by atoms with van der Waals surface area (Å²) < 4.78 is 32.8. The maximum absolute atomic E-state index is 13.4. The smallest absolute Gasteiger partial charge is 0.258 e. The van der Waals surface area contributed by atoms with Crippen LogP contribution in [-0.4, -0.2) is 74.4 Å². The first-order valence-corrected chi connectivity index (χ1v) is 13.9. The van der Waals surface area contributed by atoms with Crippen LogP contribution in [0.3, 0.4) is 0 Å². The largest absolute Gasteiger partial charge is 0.486 e. The van der Waals surface area contributed by atoms with E-state index in [4.69, 9.17) is 27.9 Å². The molecule has 0 saturated heterocycles. The monoisotopic (exact) mass is 543 g/mol. The van der Waals surface area contributed by atoms with Gasteiger partial charge in [0, 0.05) is 25.6 Å². The fourth-order valence-corrected chi connectivity index (χ4v) is 4.94. The van der Waals surface area contributed by atoms with Gasteiger partial charge in [-0.25, -0.2) is 8.42 Å². The number of ether oxygens (including phenoxy) is 1. The van der Waals surface area contributed by atoms with Crippen molar-refractivity contribution in [2.75, 3.05) is 37.7 Å². The lowest BCUT2D eigenvalue weighted by Crippen LogP contribution is -2.49. The number of nitrogens with one attached hydrogen (secondary N) is 1. The van der Waals surface area contributed by atoms with Gasteiger partial charge in [0.15, 0.2) is 5.75 Å². The molecule has 1 amide bonds. The highest BCUT2D eigenvalue weighted by Crippen LogP contribution is 2.35. The van der Waals surface area contributed by atoms with Gasteiger partial charge in [0.25, 0.3) is 5.91 Å². The molecule has 11 heteroatoms. The molecule has 2 N–H and O–H groups in total. The molecular formula is C24H31Cl2N3O5S. The first kappa shape index (κ1) is 27.5. The zero-order valence-corrected chi connectivity index (χ0v) is 22.5. The molecule has 0 radical (unpaired) electrons. The number of hydrogen-bond donors (Lipinski definition) is 2. The molecule has 35 heavy (non-hydrogen) atoms. The van der Waals surface area contributed by atoms with E-state index in [9.17, 15) is 18.3 Å². The molecule has 0 spiro atoms. The van der Waals surface area contributed by atoms with Crippen LogP contribution in [0.2, 0.25) is 10.0 Å². The van der Waals surface area contributed by atoms with Gasteiger partial charge in [-0.2, -0.15) is 0 Å². The highest BCUT2D eigenvalue weighted by molar-refractivity contribution is 7.92. The van der Waals surface area contributed by atoms with Crippen LogP contribution in [0.15, 0.2) is 36.4 Å². The van der Waals surface area contributed by atoms with E-state index < -0.39 is 16.1 Å². The summed E-state index contributed by atoms with van der Waals surface area (Å²) in [6, 6.07) is 9.82. The number of fused-ring (bicyclic) bond motifs is 1. The molecule has 2 aromatic carbocycles. The summed E-state index contributed by atoms with van der Waals surface area (Å²) >= 11 is 12.2. The molecule has 3 atom stereocenters. The Hall–Kier alpha value is -2.04. The summed E-state index contributed by atoms with van der Waals surface area (Å²) in [5.74, 6) is -0.269. The molecule has 3 rings (SSSR count). The Morgan fingerprint density at radius 2 is 1.97 bits per heavy atom. The van der Waals surface area contributed by atoms with Gasteiger partial charge in [0.2, 0.25) is 10.0 Å². The Balaban J connectivity index is 1.96. The predicted octanol–water partition coefficient (Wildman–Crippen LogP) is 3.72. The van der Waals surface area contributed by atoms with Gasteiger partial charge >= 0.3 is 0 Å². The van der Waals surface area contributed by atoms with Crippen molar-refractivity contribution in [2.24, 2.45) is 5.92 Å². The van der Waals surface area contributed by atoms with Gasteiger partial charge in [-0.15, -0.1) is 0 Å². The number of rotatable bonds is 8. The van der Waals surface area contributed by atoms with E-state index in [1.807, 2.05) is 26.1 Å². The zero-order chi connectivity index (χ0) is 25.9. The minimum atomic E-state index is -3.61. The summed E-state index contributed by atoms with van der Waals surface area (Å²) in [6.07, 6.45) is 0.660. The number of halogens is 2. The molecule has 2 aromatic rings. The van der Waals surface area contributed by atoms with E-state index in [0.717, 1.165) is 11.8 Å². The van der Waals surface area contributed by atoms with Gasteiger partial charge < -0.3 is 14.7 Å². The number of para-hydroxylation sites is 1. The molecule has 1 aliphatic heterocycles. The van der Waals surface area contributed by atoms with Crippen LogP contribution in [-0.2, 0) is 16.6 Å². The van der Waals surface area contributed by atoms with Crippen LogP contribution in [0.4, 0.5) is 5.69 Å². The Bertz CT molecular complexity index is 1180. The standard InChI is InChI=1S/C24H31Cl2N3O5S/c1-15-11-29(16(2)14-30)24(31)18-6-5-7-21(27-35(4,32)33)23(18)34-22(15)13-28(3)12-17-8-9-19(25)20(26)10-17/h5-10,15-16,22,27,30H,11-14H2,1-4H3/t15-,16+,22+/m0/s1. The third-order valence-corrected chi connectivity index (χ3v) is 7.24. The van der Waals surface area contributed by atoms with E-state index >= 15 is 0 Å². The number of aliphatic hydroxyl groups is 1. The van der Waals surface area contributed by atoms with Crippen molar-refractivity contribution in [2.45, 2.75) is 32.5 Å². The van der Waals surface area contributed by atoms with Crippen molar-refractivity contribution in [1.82, 2.24) is 9.80 Å². The lowest BCUT2D eigenvalue weighted by Gasteiger charge is -2.38. The van der Waals surface area contributed by atoms with Gasteiger partial charge in [-0.05, 0) is 43.8 Å². The number of anilines is 1. The summed E-state index contributed by atoms with van der Waals surface area (Å²) in [5, 5.41) is 10.7. The fraction of sp³-hybridized carbons (Fsp3) is 0.458. The molecule has 0 unspecified atom stereocenters. The second-order valence-corrected chi connectivity index (χ2v) is 11.7. The maximum Gasteiger partial charge on any atom is 0.258 e. The minimum Gasteiger partial charge on any atom is -0.486 e. The second kappa shape index (κ2) is 11.3. The number of aliphatic hydroxyl groups excluding tert-OH is 1. The van der Waals surface area contributed by atoms with E-state index in [0.29, 0.717) is 29.7 Å². The summed E-state index contributed by atoms with van der Waals surface area (Å²) in [5.41, 5.74) is 1.41. The summed E-state index contributed by atoms with van der Waals surface area (Å²) in [6.45, 7) is 4.99. The van der Waals surface area contributed by atoms with Crippen molar-refractivity contribution >= 4 is 44.8 Å². The Morgan fingerprint density at radius 1 is 1.26 bits per heavy atom. The molecule has 0 aliphatic carbocycles. The topological polar surface area (TPSA) is 99.2 Å². The summed E-state index contributed by atoms with van der Waals surface area (Å²) in [4.78, 5) is 17.1. The number of likely N-dealkylation sites (N-methyl/N-ethyl adjacent to an activating group) is 1. The highest BCUT2D eigenvalue weighted by atomic mass is 35.5. The van der Waals surface area contributed by atoms with E-state index in [2.05, 4.69) is 9.62 Å². The van der Waals surface area contributed by atoms with Crippen LogP contribution in [0.25, 0.3) is 0 Å². The quantitative estimate of drug-likeness (QED) is 0.526. The van der Waals surface area contributed by atoms with E-state index in [1.165, 1.54) is 0 Å². The van der Waals surface area contributed by atoms with Crippen molar-refractivity contribution in [3.05, 3.63) is 57.6 Å². The van der Waals surface area contributed by atoms with E-state index in [-0.39, 0.29) is 41.5 Å². The predicted molar refractivity (Wildman–Crippen MR) is 139 cm³/mol. The van der Waals surface area contributed by atoms with Crippen molar-refractivity contribution in [1.29, 1.82) is 0 Å². The lowest BCUT2D eigenvalue weighted by atomic mass is 9.99. The normalized spacial score (nSPS) is 19.5. The molecule has 0 fully saturated rings. The van der Waals surface area contributed by atoms with Crippen LogP contribution in [0.1, 0.15) is 29.8 Å². The zero-order valence-electron chi connectivity index (χ0n) is 20.2. The van der Waals surface area contributed by atoms with Gasteiger partial charge in [0.1, 0.15) is 6.10 Å². The first-order chi connectivity index (χ1) is 16.4. The van der Waals surface area contributed by atoms with Crippen molar-refractivity contribution in [3.8, 4) is 5.75 Å². The molecule has 0 aromatic heterocycles.